The summed E-state index contributed by atoms with van der Waals surface area (Å²) in [6, 6.07) is -0.0342. The standard InChI is InChI=1S/C27H35F3N6O5/c1-13(41-26(12-32)6-7-26)18(34-23(40)27(28,29)30)22(39)36-11-16-17(25(16,4)5)19(36)21(38)33-15(10-31)8-14-9-24(2,3)35-20(14)37/h13-19H,6-9,11H2,1-5H3,(H,33,38)(H,34,40)(H,35,37). The quantitative estimate of drug-likeness (QED) is 0.370. The fourth-order valence-corrected chi connectivity index (χ4v) is 6.46. The van der Waals surface area contributed by atoms with Crippen LogP contribution in [0.15, 0.2) is 0 Å². The molecule has 0 radical (unpaired) electrons. The maximum absolute atomic E-state index is 13.8. The van der Waals surface area contributed by atoms with Crippen LogP contribution in [-0.4, -0.2) is 76.6 Å². The van der Waals surface area contributed by atoms with Crippen LogP contribution in [0, 0.1) is 45.8 Å². The summed E-state index contributed by atoms with van der Waals surface area (Å²) < 4.78 is 45.2. The van der Waals surface area contributed by atoms with E-state index < -0.39 is 65.2 Å². The lowest BCUT2D eigenvalue weighted by Crippen LogP contribution is -2.61. The van der Waals surface area contributed by atoms with Crippen molar-refractivity contribution in [1.29, 1.82) is 10.5 Å². The molecular formula is C27H35F3N6O5. The zero-order valence-corrected chi connectivity index (χ0v) is 23.6. The number of halogens is 3. The summed E-state index contributed by atoms with van der Waals surface area (Å²) in [5, 5.41) is 26.3. The third-order valence-corrected chi connectivity index (χ3v) is 8.94. The number of hydrogen-bond donors (Lipinski definition) is 3. The summed E-state index contributed by atoms with van der Waals surface area (Å²) >= 11 is 0. The van der Waals surface area contributed by atoms with E-state index in [1.807, 2.05) is 39.8 Å². The second-order valence-electron chi connectivity index (χ2n) is 13.0. The maximum atomic E-state index is 13.8. The first kappa shape index (κ1) is 30.6. The number of fused-ring (bicyclic) bond motifs is 1. The Kier molecular flexibility index (Phi) is 7.57. The smallest absolute Gasteiger partial charge is 0.355 e. The first-order chi connectivity index (χ1) is 18.9. The van der Waals surface area contributed by atoms with Gasteiger partial charge in [-0.05, 0) is 63.7 Å². The van der Waals surface area contributed by atoms with Gasteiger partial charge in [0, 0.05) is 18.0 Å². The van der Waals surface area contributed by atoms with E-state index in [0.29, 0.717) is 19.3 Å². The lowest BCUT2D eigenvalue weighted by molar-refractivity contribution is -0.177. The molecule has 11 nitrogen and oxygen atoms in total. The lowest BCUT2D eigenvalue weighted by Gasteiger charge is -2.35. The molecule has 4 rings (SSSR count). The number of hydrogen-bond acceptors (Lipinski definition) is 7. The topological polar surface area (TPSA) is 164 Å². The number of rotatable bonds is 9. The van der Waals surface area contributed by atoms with Gasteiger partial charge in [0.05, 0.1) is 18.2 Å². The molecule has 2 aliphatic carbocycles. The van der Waals surface area contributed by atoms with Crippen molar-refractivity contribution in [3.63, 3.8) is 0 Å². The van der Waals surface area contributed by atoms with E-state index in [1.165, 1.54) is 6.92 Å². The second-order valence-corrected chi connectivity index (χ2v) is 13.0. The van der Waals surface area contributed by atoms with Crippen molar-refractivity contribution < 1.29 is 37.1 Å². The zero-order valence-electron chi connectivity index (χ0n) is 23.6. The largest absolute Gasteiger partial charge is 0.471 e. The minimum absolute atomic E-state index is 0.0551. The van der Waals surface area contributed by atoms with Crippen molar-refractivity contribution >= 4 is 23.6 Å². The highest BCUT2D eigenvalue weighted by Crippen LogP contribution is 2.65. The Morgan fingerprint density at radius 2 is 1.80 bits per heavy atom. The van der Waals surface area contributed by atoms with Crippen LogP contribution < -0.4 is 16.0 Å². The minimum atomic E-state index is -5.28. The molecule has 0 aromatic carbocycles. The van der Waals surface area contributed by atoms with Gasteiger partial charge in [0.15, 0.2) is 5.60 Å². The predicted molar refractivity (Wildman–Crippen MR) is 135 cm³/mol. The van der Waals surface area contributed by atoms with E-state index in [9.17, 15) is 42.9 Å². The van der Waals surface area contributed by atoms with Gasteiger partial charge in [-0.25, -0.2) is 0 Å². The molecule has 3 N–H and O–H groups in total. The zero-order chi connectivity index (χ0) is 30.7. The third kappa shape index (κ3) is 5.98. The number of nitrogens with zero attached hydrogens (tertiary/aromatic N) is 3. The first-order valence-electron chi connectivity index (χ1n) is 13.6. The highest BCUT2D eigenvalue weighted by atomic mass is 19.4. The molecule has 224 valence electrons. The SMILES string of the molecule is CC(OC1(C#N)CC1)C(NC(=O)C(F)(F)F)C(=O)N1CC2C(C1C(=O)NC(C#N)CC1CC(C)(C)NC1=O)C2(C)C. The van der Waals surface area contributed by atoms with Crippen LogP contribution in [0.5, 0.6) is 0 Å². The third-order valence-electron chi connectivity index (χ3n) is 8.94. The van der Waals surface area contributed by atoms with E-state index in [-0.39, 0.29) is 36.1 Å². The molecule has 2 aliphatic heterocycles. The number of alkyl halides is 3. The Balaban J connectivity index is 1.54. The van der Waals surface area contributed by atoms with Crippen LogP contribution in [0.2, 0.25) is 0 Å². The average molecular weight is 581 g/mol. The molecule has 7 atom stereocenters. The Labute approximate surface area is 236 Å². The molecule has 0 bridgehead atoms. The van der Waals surface area contributed by atoms with Crippen molar-refractivity contribution in [2.45, 2.75) is 102 Å². The number of nitrogens with one attached hydrogen (secondary N) is 3. The number of carbonyl (C=O) groups excluding carboxylic acids is 4. The Morgan fingerprint density at radius 3 is 2.29 bits per heavy atom. The van der Waals surface area contributed by atoms with Crippen molar-refractivity contribution in [3.05, 3.63) is 0 Å². The Bertz CT molecular complexity index is 1220. The fourth-order valence-electron chi connectivity index (χ4n) is 6.46. The van der Waals surface area contributed by atoms with Gasteiger partial charge < -0.3 is 25.6 Å². The average Bonchev–Trinajstić information content (AvgIpc) is 3.62. The maximum Gasteiger partial charge on any atom is 0.471 e. The molecule has 14 heteroatoms. The Hall–Kier alpha value is -3.39. The van der Waals surface area contributed by atoms with Gasteiger partial charge in [0.25, 0.3) is 0 Å². The first-order valence-corrected chi connectivity index (χ1v) is 13.6. The normalized spacial score (nSPS) is 30.5. The number of likely N-dealkylation sites (tertiary alicyclic amines) is 1. The van der Waals surface area contributed by atoms with Gasteiger partial charge in [0.2, 0.25) is 17.7 Å². The van der Waals surface area contributed by atoms with Crippen molar-refractivity contribution in [3.8, 4) is 12.1 Å². The molecule has 2 heterocycles. The summed E-state index contributed by atoms with van der Waals surface area (Å²) in [6.07, 6.45) is -5.39. The summed E-state index contributed by atoms with van der Waals surface area (Å²) in [4.78, 5) is 52.8. The summed E-state index contributed by atoms with van der Waals surface area (Å²) in [5.74, 6) is -5.15. The highest BCUT2D eigenvalue weighted by molar-refractivity contribution is 5.95. The number of ether oxygens (including phenoxy) is 1. The van der Waals surface area contributed by atoms with Crippen LogP contribution in [-0.2, 0) is 23.9 Å². The van der Waals surface area contributed by atoms with E-state index in [4.69, 9.17) is 4.74 Å². The molecule has 41 heavy (non-hydrogen) atoms. The minimum Gasteiger partial charge on any atom is -0.355 e. The lowest BCUT2D eigenvalue weighted by atomic mass is 9.91. The van der Waals surface area contributed by atoms with E-state index in [1.54, 1.807) is 5.32 Å². The fraction of sp³-hybridized carbons (Fsp3) is 0.778. The summed E-state index contributed by atoms with van der Waals surface area (Å²) in [7, 11) is 0. The number of nitriles is 2. The van der Waals surface area contributed by atoms with E-state index in [0.717, 1.165) is 4.90 Å². The molecule has 0 spiro atoms. The number of piperidine rings is 1. The van der Waals surface area contributed by atoms with Crippen molar-refractivity contribution in [2.24, 2.45) is 23.2 Å². The predicted octanol–water partition coefficient (Wildman–Crippen LogP) is 1.29. The molecule has 0 aromatic heterocycles. The van der Waals surface area contributed by atoms with E-state index in [2.05, 4.69) is 10.6 Å². The molecule has 2 saturated carbocycles. The van der Waals surface area contributed by atoms with Gasteiger partial charge >= 0.3 is 12.1 Å². The van der Waals surface area contributed by atoms with Gasteiger partial charge in [-0.3, -0.25) is 19.2 Å². The monoisotopic (exact) mass is 580 g/mol. The molecule has 0 aromatic rings. The van der Waals surface area contributed by atoms with Crippen LogP contribution in [0.1, 0.15) is 60.3 Å². The van der Waals surface area contributed by atoms with Gasteiger partial charge in [-0.1, -0.05) is 13.8 Å². The Morgan fingerprint density at radius 1 is 1.17 bits per heavy atom. The number of carbonyl (C=O) groups is 4. The van der Waals surface area contributed by atoms with Gasteiger partial charge in [0.1, 0.15) is 18.1 Å². The molecule has 4 fully saturated rings. The summed E-state index contributed by atoms with van der Waals surface area (Å²) in [5.41, 5.74) is -2.04. The van der Waals surface area contributed by atoms with Crippen LogP contribution in [0.4, 0.5) is 13.2 Å². The van der Waals surface area contributed by atoms with Crippen LogP contribution >= 0.6 is 0 Å². The molecule has 4 amide bonds. The van der Waals surface area contributed by atoms with Crippen molar-refractivity contribution in [1.82, 2.24) is 20.9 Å². The van der Waals surface area contributed by atoms with Crippen LogP contribution in [0.3, 0.4) is 0 Å². The van der Waals surface area contributed by atoms with E-state index >= 15 is 0 Å². The molecule has 4 aliphatic rings. The number of amides is 4. The van der Waals surface area contributed by atoms with Crippen molar-refractivity contribution in [2.75, 3.05) is 6.54 Å². The molecule has 2 saturated heterocycles. The van der Waals surface area contributed by atoms with Gasteiger partial charge in [-0.2, -0.15) is 23.7 Å². The highest BCUT2D eigenvalue weighted by Gasteiger charge is 2.70. The van der Waals surface area contributed by atoms with Crippen LogP contribution in [0.25, 0.3) is 0 Å². The molecule has 7 unspecified atom stereocenters. The van der Waals surface area contributed by atoms with Gasteiger partial charge in [-0.15, -0.1) is 0 Å². The second kappa shape index (κ2) is 10.2. The summed E-state index contributed by atoms with van der Waals surface area (Å²) in [6.45, 7) is 8.88. The molecular weight excluding hydrogens is 545 g/mol.